The Morgan fingerprint density at radius 1 is 1.12 bits per heavy atom. The second-order valence-electron chi connectivity index (χ2n) is 7.11. The van der Waals surface area contributed by atoms with E-state index in [-0.39, 0.29) is 11.8 Å². The zero-order valence-corrected chi connectivity index (χ0v) is 14.3. The fraction of sp³-hybridized carbons (Fsp3) is 0.579. The van der Waals surface area contributed by atoms with E-state index in [1.807, 2.05) is 18.2 Å². The van der Waals surface area contributed by atoms with Gasteiger partial charge in [-0.3, -0.25) is 9.59 Å². The van der Waals surface area contributed by atoms with Crippen LogP contribution in [0.15, 0.2) is 18.2 Å². The predicted octanol–water partition coefficient (Wildman–Crippen LogP) is 1.66. The number of carbonyl (C=O) groups is 2. The van der Waals surface area contributed by atoms with Crippen LogP contribution in [-0.2, 0) is 15.0 Å². The molecule has 2 fully saturated rings. The Hall–Kier alpha value is -2.24. The van der Waals surface area contributed by atoms with Gasteiger partial charge in [0, 0.05) is 6.54 Å². The van der Waals surface area contributed by atoms with Crippen LogP contribution >= 0.6 is 0 Å². The summed E-state index contributed by atoms with van der Waals surface area (Å²) in [5.41, 5.74) is 0.385. The van der Waals surface area contributed by atoms with E-state index in [1.165, 1.54) is 0 Å². The minimum atomic E-state index is -0.576. The number of piperidine rings is 1. The van der Waals surface area contributed by atoms with Gasteiger partial charge in [-0.05, 0) is 43.4 Å². The van der Waals surface area contributed by atoms with Crippen molar-refractivity contribution in [2.45, 2.75) is 50.0 Å². The number of carbonyl (C=O) groups excluding carboxylic acids is 2. The lowest BCUT2D eigenvalue weighted by Gasteiger charge is -2.32. The van der Waals surface area contributed by atoms with Crippen molar-refractivity contribution in [3.05, 3.63) is 23.8 Å². The molecule has 3 aliphatic rings. The molecule has 2 N–H and O–H groups in total. The number of amides is 2. The van der Waals surface area contributed by atoms with Gasteiger partial charge in [0.2, 0.25) is 11.8 Å². The molecule has 25 heavy (non-hydrogen) atoms. The molecule has 1 aromatic carbocycles. The molecule has 0 radical (unpaired) electrons. The highest BCUT2D eigenvalue weighted by Gasteiger charge is 2.44. The maximum Gasteiger partial charge on any atom is 0.242 e. The average molecular weight is 344 g/mol. The van der Waals surface area contributed by atoms with Gasteiger partial charge in [-0.2, -0.15) is 0 Å². The highest BCUT2D eigenvalue weighted by atomic mass is 16.6. The van der Waals surface area contributed by atoms with Crippen molar-refractivity contribution in [1.29, 1.82) is 0 Å². The monoisotopic (exact) mass is 344 g/mol. The summed E-state index contributed by atoms with van der Waals surface area (Å²) in [6.45, 7) is 1.77. The summed E-state index contributed by atoms with van der Waals surface area (Å²) in [5.74, 6) is 1.33. The number of nitrogens with one attached hydrogen (secondary N) is 2. The van der Waals surface area contributed by atoms with E-state index < -0.39 is 11.5 Å². The van der Waals surface area contributed by atoms with Crippen LogP contribution < -0.4 is 20.1 Å². The zero-order valence-electron chi connectivity index (χ0n) is 14.3. The largest absolute Gasteiger partial charge is 0.486 e. The Labute approximate surface area is 147 Å². The Balaban J connectivity index is 1.61. The van der Waals surface area contributed by atoms with Crippen molar-refractivity contribution in [3.8, 4) is 11.5 Å². The van der Waals surface area contributed by atoms with Gasteiger partial charge in [-0.15, -0.1) is 0 Å². The molecular formula is C19H24N2O4. The first-order valence-corrected chi connectivity index (χ1v) is 9.18. The molecule has 1 aromatic rings. The average Bonchev–Trinajstić information content (AvgIpc) is 3.14. The molecule has 1 saturated heterocycles. The van der Waals surface area contributed by atoms with Crippen LogP contribution in [0.3, 0.4) is 0 Å². The van der Waals surface area contributed by atoms with E-state index in [0.717, 1.165) is 43.4 Å². The first kappa shape index (κ1) is 16.2. The molecule has 6 nitrogen and oxygen atoms in total. The molecule has 4 rings (SSSR count). The lowest BCUT2D eigenvalue weighted by atomic mass is 9.77. The van der Waals surface area contributed by atoms with Gasteiger partial charge in [0.1, 0.15) is 19.3 Å². The number of ether oxygens (including phenoxy) is 2. The first-order chi connectivity index (χ1) is 12.2. The topological polar surface area (TPSA) is 76.7 Å². The number of hydrogen-bond acceptors (Lipinski definition) is 4. The van der Waals surface area contributed by atoms with Gasteiger partial charge in [0.25, 0.3) is 0 Å². The second kappa shape index (κ2) is 6.58. The van der Waals surface area contributed by atoms with Gasteiger partial charge in [0.15, 0.2) is 11.5 Å². The molecule has 6 heteroatoms. The van der Waals surface area contributed by atoms with Crippen molar-refractivity contribution in [3.63, 3.8) is 0 Å². The fourth-order valence-corrected chi connectivity index (χ4v) is 4.17. The van der Waals surface area contributed by atoms with E-state index in [1.54, 1.807) is 0 Å². The Morgan fingerprint density at radius 2 is 1.88 bits per heavy atom. The van der Waals surface area contributed by atoms with Crippen molar-refractivity contribution in [2.75, 3.05) is 19.8 Å². The van der Waals surface area contributed by atoms with Crippen LogP contribution in [0.5, 0.6) is 11.5 Å². The summed E-state index contributed by atoms with van der Waals surface area (Å²) in [4.78, 5) is 25.2. The minimum Gasteiger partial charge on any atom is -0.486 e. The molecule has 0 bridgehead atoms. The summed E-state index contributed by atoms with van der Waals surface area (Å²) < 4.78 is 11.3. The summed E-state index contributed by atoms with van der Waals surface area (Å²) in [5, 5.41) is 5.84. The van der Waals surface area contributed by atoms with Crippen LogP contribution in [0.25, 0.3) is 0 Å². The van der Waals surface area contributed by atoms with E-state index in [2.05, 4.69) is 10.6 Å². The van der Waals surface area contributed by atoms with E-state index in [0.29, 0.717) is 31.9 Å². The van der Waals surface area contributed by atoms with E-state index in [9.17, 15) is 9.59 Å². The maximum atomic E-state index is 13.2. The van der Waals surface area contributed by atoms with E-state index >= 15 is 0 Å². The number of fused-ring (bicyclic) bond motifs is 1. The highest BCUT2D eigenvalue weighted by Crippen LogP contribution is 2.44. The van der Waals surface area contributed by atoms with Crippen molar-refractivity contribution in [2.24, 2.45) is 0 Å². The van der Waals surface area contributed by atoms with Crippen LogP contribution in [-0.4, -0.2) is 37.6 Å². The molecule has 134 valence electrons. The molecule has 1 aliphatic carbocycles. The summed E-state index contributed by atoms with van der Waals surface area (Å²) >= 11 is 0. The number of hydrogen-bond donors (Lipinski definition) is 2. The second-order valence-corrected chi connectivity index (χ2v) is 7.11. The lowest BCUT2D eigenvalue weighted by Crippen LogP contribution is -2.54. The molecule has 0 unspecified atom stereocenters. The van der Waals surface area contributed by atoms with Gasteiger partial charge in [0.05, 0.1) is 5.41 Å². The number of benzene rings is 1. The molecule has 2 heterocycles. The Morgan fingerprint density at radius 3 is 2.64 bits per heavy atom. The first-order valence-electron chi connectivity index (χ1n) is 9.18. The van der Waals surface area contributed by atoms with Gasteiger partial charge in [-0.1, -0.05) is 18.9 Å². The molecule has 0 aromatic heterocycles. The molecule has 1 atom stereocenters. The summed E-state index contributed by atoms with van der Waals surface area (Å²) in [6, 6.07) is 5.39. The highest BCUT2D eigenvalue weighted by molar-refractivity contribution is 5.93. The van der Waals surface area contributed by atoms with Crippen LogP contribution in [0.2, 0.25) is 0 Å². The van der Waals surface area contributed by atoms with Gasteiger partial charge < -0.3 is 20.1 Å². The summed E-state index contributed by atoms with van der Waals surface area (Å²) in [6.07, 6.45) is 5.22. The molecule has 1 saturated carbocycles. The summed E-state index contributed by atoms with van der Waals surface area (Å²) in [7, 11) is 0. The third-order valence-electron chi connectivity index (χ3n) is 5.58. The SMILES string of the molecule is O=C1NCCC[C@@H]1NC(=O)C1(c2ccc3c(c2)OCCO3)CCCC1. The Bertz CT molecular complexity index is 682. The lowest BCUT2D eigenvalue weighted by molar-refractivity contribution is -0.133. The predicted molar refractivity (Wildman–Crippen MR) is 91.8 cm³/mol. The van der Waals surface area contributed by atoms with Crippen LogP contribution in [0, 0.1) is 0 Å². The van der Waals surface area contributed by atoms with Crippen LogP contribution in [0.1, 0.15) is 44.1 Å². The Kier molecular flexibility index (Phi) is 4.27. The molecule has 2 amide bonds. The maximum absolute atomic E-state index is 13.2. The van der Waals surface area contributed by atoms with Crippen molar-refractivity contribution < 1.29 is 19.1 Å². The molecule has 0 spiro atoms. The smallest absolute Gasteiger partial charge is 0.242 e. The third-order valence-corrected chi connectivity index (χ3v) is 5.58. The molecular weight excluding hydrogens is 320 g/mol. The molecule has 2 aliphatic heterocycles. The third kappa shape index (κ3) is 2.94. The van der Waals surface area contributed by atoms with Crippen molar-refractivity contribution in [1.82, 2.24) is 10.6 Å². The van der Waals surface area contributed by atoms with Crippen molar-refractivity contribution >= 4 is 11.8 Å². The fourth-order valence-electron chi connectivity index (χ4n) is 4.17. The zero-order chi connectivity index (χ0) is 17.3. The normalized spacial score (nSPS) is 24.5. The van der Waals surface area contributed by atoms with Crippen LogP contribution in [0.4, 0.5) is 0 Å². The van der Waals surface area contributed by atoms with Gasteiger partial charge in [-0.25, -0.2) is 0 Å². The quantitative estimate of drug-likeness (QED) is 0.874. The standard InChI is InChI=1S/C19H24N2O4/c22-17-14(4-3-9-20-17)21-18(23)19(7-1-2-8-19)13-5-6-15-16(12-13)25-11-10-24-15/h5-6,12,14H,1-4,7-11H2,(H,20,22)(H,21,23)/t14-/m0/s1. The number of rotatable bonds is 3. The minimum absolute atomic E-state index is 0.0382. The van der Waals surface area contributed by atoms with E-state index in [4.69, 9.17) is 9.47 Å². The van der Waals surface area contributed by atoms with Gasteiger partial charge >= 0.3 is 0 Å².